The minimum absolute atomic E-state index is 0.0339. The van der Waals surface area contributed by atoms with E-state index in [0.717, 1.165) is 5.56 Å². The van der Waals surface area contributed by atoms with Gasteiger partial charge >= 0.3 is 0 Å². The summed E-state index contributed by atoms with van der Waals surface area (Å²) in [6.45, 7) is 0.0339. The standard InChI is InChI=1S/C14H10N4O2/c15-5-3-13-16-6-4-10(17-13)9-1-2-12-11(7-9)18-14(19)8-20-12/h1-2,4,6-7H,3,8H2,(H,18,19). The topological polar surface area (TPSA) is 87.9 Å². The number of nitriles is 1. The second kappa shape index (κ2) is 4.97. The SMILES string of the molecule is N#CCc1nccc(-c2ccc3c(c2)NC(=O)CO3)n1. The predicted molar refractivity (Wildman–Crippen MR) is 70.9 cm³/mol. The number of carbonyl (C=O) groups is 1. The molecule has 6 heteroatoms. The quantitative estimate of drug-likeness (QED) is 0.890. The summed E-state index contributed by atoms with van der Waals surface area (Å²) in [5.41, 5.74) is 2.16. The lowest BCUT2D eigenvalue weighted by atomic mass is 10.1. The molecule has 6 nitrogen and oxygen atoms in total. The molecule has 1 aliphatic rings. The molecule has 0 atom stereocenters. The Hall–Kier alpha value is -2.94. The lowest BCUT2D eigenvalue weighted by Gasteiger charge is -2.18. The largest absolute Gasteiger partial charge is 0.482 e. The van der Waals surface area contributed by atoms with Crippen molar-refractivity contribution in [1.82, 2.24) is 9.97 Å². The summed E-state index contributed by atoms with van der Waals surface area (Å²) in [5.74, 6) is 0.935. The van der Waals surface area contributed by atoms with Crippen molar-refractivity contribution in [1.29, 1.82) is 5.26 Å². The van der Waals surface area contributed by atoms with Crippen molar-refractivity contribution in [3.8, 4) is 23.1 Å². The summed E-state index contributed by atoms with van der Waals surface area (Å²) in [5, 5.41) is 11.4. The number of hydrogen-bond acceptors (Lipinski definition) is 5. The number of rotatable bonds is 2. The summed E-state index contributed by atoms with van der Waals surface area (Å²) in [6.07, 6.45) is 1.78. The summed E-state index contributed by atoms with van der Waals surface area (Å²) in [7, 11) is 0. The van der Waals surface area contributed by atoms with Crippen LogP contribution >= 0.6 is 0 Å². The molecule has 0 bridgehead atoms. The molecule has 20 heavy (non-hydrogen) atoms. The number of anilines is 1. The van der Waals surface area contributed by atoms with Gasteiger partial charge in [0.25, 0.3) is 5.91 Å². The summed E-state index contributed by atoms with van der Waals surface area (Å²) in [6, 6.07) is 9.21. The molecule has 1 amide bonds. The lowest BCUT2D eigenvalue weighted by molar-refractivity contribution is -0.118. The van der Waals surface area contributed by atoms with E-state index in [1.807, 2.05) is 12.1 Å². The Morgan fingerprint density at radius 1 is 1.40 bits per heavy atom. The van der Waals surface area contributed by atoms with Crippen molar-refractivity contribution in [2.75, 3.05) is 11.9 Å². The van der Waals surface area contributed by atoms with Gasteiger partial charge in [-0.25, -0.2) is 9.97 Å². The first-order valence-corrected chi connectivity index (χ1v) is 6.02. The first kappa shape index (κ1) is 12.1. The lowest BCUT2D eigenvalue weighted by Crippen LogP contribution is -2.25. The number of hydrogen-bond donors (Lipinski definition) is 1. The van der Waals surface area contributed by atoms with Gasteiger partial charge in [0.05, 0.1) is 23.9 Å². The number of carbonyl (C=O) groups excluding carboxylic acids is 1. The Morgan fingerprint density at radius 2 is 2.30 bits per heavy atom. The van der Waals surface area contributed by atoms with Gasteiger partial charge in [-0.3, -0.25) is 4.79 Å². The van der Waals surface area contributed by atoms with E-state index in [1.165, 1.54) is 0 Å². The Bertz CT molecular complexity index is 721. The Kier molecular flexibility index (Phi) is 3.01. The van der Waals surface area contributed by atoms with Gasteiger partial charge in [0, 0.05) is 11.8 Å². The van der Waals surface area contributed by atoms with E-state index in [2.05, 4.69) is 15.3 Å². The molecule has 0 unspecified atom stereocenters. The van der Waals surface area contributed by atoms with Gasteiger partial charge in [0.15, 0.2) is 6.61 Å². The molecule has 2 aromatic rings. The van der Waals surface area contributed by atoms with E-state index < -0.39 is 0 Å². The van der Waals surface area contributed by atoms with Gasteiger partial charge in [-0.15, -0.1) is 0 Å². The van der Waals surface area contributed by atoms with Crippen LogP contribution < -0.4 is 10.1 Å². The van der Waals surface area contributed by atoms with Crippen LogP contribution in [0.3, 0.4) is 0 Å². The smallest absolute Gasteiger partial charge is 0.262 e. The fourth-order valence-electron chi connectivity index (χ4n) is 1.96. The molecule has 0 saturated carbocycles. The minimum atomic E-state index is -0.178. The van der Waals surface area contributed by atoms with Crippen LogP contribution in [0.15, 0.2) is 30.5 Å². The maximum Gasteiger partial charge on any atom is 0.262 e. The Morgan fingerprint density at radius 3 is 3.15 bits per heavy atom. The highest BCUT2D eigenvalue weighted by Crippen LogP contribution is 2.31. The number of benzene rings is 1. The molecule has 0 fully saturated rings. The predicted octanol–water partition coefficient (Wildman–Crippen LogP) is 1.54. The molecule has 1 N–H and O–H groups in total. The van der Waals surface area contributed by atoms with Crippen molar-refractivity contribution in [3.05, 3.63) is 36.3 Å². The van der Waals surface area contributed by atoms with Crippen molar-refractivity contribution in [2.24, 2.45) is 0 Å². The van der Waals surface area contributed by atoms with E-state index in [1.54, 1.807) is 24.4 Å². The third kappa shape index (κ3) is 2.29. The van der Waals surface area contributed by atoms with E-state index >= 15 is 0 Å². The van der Waals surface area contributed by atoms with Crippen LogP contribution in [0.5, 0.6) is 5.75 Å². The zero-order valence-electron chi connectivity index (χ0n) is 10.5. The zero-order valence-corrected chi connectivity index (χ0v) is 10.5. The number of ether oxygens (including phenoxy) is 1. The molecule has 2 heterocycles. The zero-order chi connectivity index (χ0) is 13.9. The van der Waals surface area contributed by atoms with E-state index in [0.29, 0.717) is 23.0 Å². The maximum atomic E-state index is 11.3. The summed E-state index contributed by atoms with van der Waals surface area (Å²) < 4.78 is 5.30. The van der Waals surface area contributed by atoms with Crippen LogP contribution in [0, 0.1) is 11.3 Å². The number of nitrogens with zero attached hydrogens (tertiary/aromatic N) is 3. The maximum absolute atomic E-state index is 11.3. The molecule has 0 radical (unpaired) electrons. The number of aromatic nitrogens is 2. The third-order valence-electron chi connectivity index (χ3n) is 2.85. The van der Waals surface area contributed by atoms with Crippen LogP contribution in [0.1, 0.15) is 5.82 Å². The molecule has 1 aliphatic heterocycles. The van der Waals surface area contributed by atoms with Crippen molar-refractivity contribution in [3.63, 3.8) is 0 Å². The Balaban J connectivity index is 1.98. The van der Waals surface area contributed by atoms with E-state index in [4.69, 9.17) is 10.00 Å². The van der Waals surface area contributed by atoms with Gasteiger partial charge in [-0.05, 0) is 24.3 Å². The second-order valence-corrected chi connectivity index (χ2v) is 4.24. The van der Waals surface area contributed by atoms with Crippen LogP contribution in [0.2, 0.25) is 0 Å². The van der Waals surface area contributed by atoms with Crippen LogP contribution in [0.25, 0.3) is 11.3 Å². The molecular weight excluding hydrogens is 256 g/mol. The third-order valence-corrected chi connectivity index (χ3v) is 2.85. The average molecular weight is 266 g/mol. The van der Waals surface area contributed by atoms with Gasteiger partial charge in [-0.2, -0.15) is 5.26 Å². The van der Waals surface area contributed by atoms with Gasteiger partial charge in [0.1, 0.15) is 11.6 Å². The monoisotopic (exact) mass is 266 g/mol. The molecule has 98 valence electrons. The van der Waals surface area contributed by atoms with E-state index in [-0.39, 0.29) is 18.9 Å². The highest BCUT2D eigenvalue weighted by Gasteiger charge is 2.16. The summed E-state index contributed by atoms with van der Waals surface area (Å²) in [4.78, 5) is 19.7. The molecule has 0 spiro atoms. The molecule has 0 saturated heterocycles. The fraction of sp³-hybridized carbons (Fsp3) is 0.143. The molecule has 3 rings (SSSR count). The summed E-state index contributed by atoms with van der Waals surface area (Å²) >= 11 is 0. The van der Waals surface area contributed by atoms with Crippen molar-refractivity contribution >= 4 is 11.6 Å². The van der Waals surface area contributed by atoms with Crippen LogP contribution in [-0.4, -0.2) is 22.5 Å². The first-order chi connectivity index (χ1) is 9.76. The van der Waals surface area contributed by atoms with Crippen molar-refractivity contribution in [2.45, 2.75) is 6.42 Å². The first-order valence-electron chi connectivity index (χ1n) is 6.02. The molecule has 1 aromatic carbocycles. The van der Waals surface area contributed by atoms with Crippen LogP contribution in [-0.2, 0) is 11.2 Å². The van der Waals surface area contributed by atoms with Gasteiger partial charge < -0.3 is 10.1 Å². The molecular formula is C14H10N4O2. The highest BCUT2D eigenvalue weighted by molar-refractivity contribution is 5.96. The van der Waals surface area contributed by atoms with Gasteiger partial charge in [-0.1, -0.05) is 0 Å². The normalized spacial score (nSPS) is 12.8. The van der Waals surface area contributed by atoms with E-state index in [9.17, 15) is 4.79 Å². The molecule has 0 aliphatic carbocycles. The average Bonchev–Trinajstić information content (AvgIpc) is 2.47. The number of nitrogens with one attached hydrogen (secondary N) is 1. The van der Waals surface area contributed by atoms with Crippen molar-refractivity contribution < 1.29 is 9.53 Å². The number of amides is 1. The van der Waals surface area contributed by atoms with Gasteiger partial charge in [0.2, 0.25) is 0 Å². The second-order valence-electron chi connectivity index (χ2n) is 4.24. The molecule has 1 aromatic heterocycles. The minimum Gasteiger partial charge on any atom is -0.482 e. The number of fused-ring (bicyclic) bond motifs is 1. The Labute approximate surface area is 115 Å². The highest BCUT2D eigenvalue weighted by atomic mass is 16.5. The van der Waals surface area contributed by atoms with Crippen LogP contribution in [0.4, 0.5) is 5.69 Å². The fourth-order valence-corrected chi connectivity index (χ4v) is 1.96.